The Bertz CT molecular complexity index is 678. The third-order valence-corrected chi connectivity index (χ3v) is 2.95. The van der Waals surface area contributed by atoms with E-state index in [1.165, 1.54) is 35.4 Å². The van der Waals surface area contributed by atoms with Gasteiger partial charge in [-0.25, -0.2) is 0 Å². The van der Waals surface area contributed by atoms with E-state index in [0.29, 0.717) is 12.1 Å². The largest absolute Gasteiger partial charge is 0.435 e. The van der Waals surface area contributed by atoms with Gasteiger partial charge in [-0.15, -0.1) is 0 Å². The summed E-state index contributed by atoms with van der Waals surface area (Å²) in [5.74, 6) is -0.197. The first-order valence-corrected chi connectivity index (χ1v) is 6.43. The van der Waals surface area contributed by atoms with Crippen molar-refractivity contribution in [3.63, 3.8) is 0 Å². The highest BCUT2D eigenvalue weighted by Gasteiger charge is 2.12. The van der Waals surface area contributed by atoms with Crippen molar-refractivity contribution in [2.24, 2.45) is 0 Å². The number of hydrogen-bond donors (Lipinski definition) is 1. The van der Waals surface area contributed by atoms with E-state index in [2.05, 4.69) is 9.72 Å². The summed E-state index contributed by atoms with van der Waals surface area (Å²) in [4.78, 5) is 27.0. The minimum absolute atomic E-state index is 0.0633. The second-order valence-electron chi connectivity index (χ2n) is 4.63. The first-order valence-electron chi connectivity index (χ1n) is 6.43. The number of alkyl halides is 2. The quantitative estimate of drug-likeness (QED) is 0.921. The van der Waals surface area contributed by atoms with E-state index in [-0.39, 0.29) is 17.2 Å². The van der Waals surface area contributed by atoms with Crippen LogP contribution in [0.3, 0.4) is 0 Å². The Kier molecular flexibility index (Phi) is 4.88. The second-order valence-corrected chi connectivity index (χ2v) is 4.63. The number of aromatic amines is 1. The number of rotatable bonds is 5. The zero-order valence-corrected chi connectivity index (χ0v) is 11.8. The van der Waals surface area contributed by atoms with Gasteiger partial charge in [-0.2, -0.15) is 8.78 Å². The summed E-state index contributed by atoms with van der Waals surface area (Å²) in [6.45, 7) is -2.57. The maximum absolute atomic E-state index is 12.2. The van der Waals surface area contributed by atoms with Gasteiger partial charge in [0.25, 0.3) is 5.91 Å². The summed E-state index contributed by atoms with van der Waals surface area (Å²) in [5.41, 5.74) is 0.843. The molecule has 0 atom stereocenters. The molecule has 0 unspecified atom stereocenters. The van der Waals surface area contributed by atoms with E-state index in [1.54, 1.807) is 19.2 Å². The zero-order chi connectivity index (χ0) is 16.1. The van der Waals surface area contributed by atoms with Crippen molar-refractivity contribution >= 4 is 5.91 Å². The Hall–Kier alpha value is -2.70. The molecular formula is C15H14F2N2O3. The number of aromatic nitrogens is 1. The molecule has 116 valence electrons. The van der Waals surface area contributed by atoms with Gasteiger partial charge < -0.3 is 14.6 Å². The Morgan fingerprint density at radius 1 is 1.23 bits per heavy atom. The fourth-order valence-electron chi connectivity index (χ4n) is 1.89. The van der Waals surface area contributed by atoms with Crippen LogP contribution in [0.2, 0.25) is 0 Å². The number of nitrogens with one attached hydrogen (secondary N) is 1. The van der Waals surface area contributed by atoms with Crippen molar-refractivity contribution in [1.29, 1.82) is 0 Å². The number of carbonyl (C=O) groups is 1. The van der Waals surface area contributed by atoms with E-state index >= 15 is 0 Å². The summed E-state index contributed by atoms with van der Waals surface area (Å²) < 4.78 is 28.4. The average Bonchev–Trinajstić information content (AvgIpc) is 2.49. The smallest absolute Gasteiger partial charge is 0.387 e. The molecule has 0 bridgehead atoms. The number of hydrogen-bond acceptors (Lipinski definition) is 3. The van der Waals surface area contributed by atoms with Crippen molar-refractivity contribution in [1.82, 2.24) is 9.88 Å². The molecule has 2 aromatic rings. The van der Waals surface area contributed by atoms with Gasteiger partial charge in [-0.1, -0.05) is 12.1 Å². The number of halogens is 2. The Morgan fingerprint density at radius 3 is 2.45 bits per heavy atom. The highest BCUT2D eigenvalue weighted by atomic mass is 19.3. The second kappa shape index (κ2) is 6.84. The molecule has 1 amide bonds. The van der Waals surface area contributed by atoms with Crippen LogP contribution in [0.5, 0.6) is 5.75 Å². The molecule has 0 aliphatic heterocycles. The number of pyridine rings is 1. The summed E-state index contributed by atoms with van der Waals surface area (Å²) in [6, 6.07) is 8.76. The van der Waals surface area contributed by atoms with Crippen molar-refractivity contribution in [2.45, 2.75) is 13.2 Å². The minimum Gasteiger partial charge on any atom is -0.435 e. The molecule has 0 aliphatic carbocycles. The number of nitrogens with zero attached hydrogens (tertiary/aromatic N) is 1. The van der Waals surface area contributed by atoms with E-state index in [4.69, 9.17) is 0 Å². The first-order chi connectivity index (χ1) is 10.5. The molecule has 0 saturated carbocycles. The minimum atomic E-state index is -2.87. The van der Waals surface area contributed by atoms with Gasteiger partial charge >= 0.3 is 6.61 Å². The average molecular weight is 308 g/mol. The van der Waals surface area contributed by atoms with Gasteiger partial charge in [-0.3, -0.25) is 9.59 Å². The number of amides is 1. The zero-order valence-electron chi connectivity index (χ0n) is 11.8. The number of carbonyl (C=O) groups excluding carboxylic acids is 1. The standard InChI is InChI=1S/C15H14F2N2O3/c1-19(14(21)11-4-7-13(20)18-8-11)9-10-2-5-12(6-3-10)22-15(16)17/h2-8,15H,9H2,1H3,(H,18,20). The van der Waals surface area contributed by atoms with Crippen LogP contribution in [0.15, 0.2) is 47.4 Å². The van der Waals surface area contributed by atoms with Crippen LogP contribution in [-0.2, 0) is 6.54 Å². The van der Waals surface area contributed by atoms with Crippen LogP contribution in [0.4, 0.5) is 8.78 Å². The van der Waals surface area contributed by atoms with Crippen LogP contribution < -0.4 is 10.3 Å². The van der Waals surface area contributed by atoms with Gasteiger partial charge in [0.05, 0.1) is 5.56 Å². The third kappa shape index (κ3) is 4.15. The Balaban J connectivity index is 2.01. The highest BCUT2D eigenvalue weighted by Crippen LogP contribution is 2.16. The lowest BCUT2D eigenvalue weighted by Gasteiger charge is -2.17. The molecule has 0 spiro atoms. The maximum atomic E-state index is 12.2. The molecule has 22 heavy (non-hydrogen) atoms. The predicted octanol–water partition coefficient (Wildman–Crippen LogP) is 2.25. The normalized spacial score (nSPS) is 10.5. The SMILES string of the molecule is CN(Cc1ccc(OC(F)F)cc1)C(=O)c1ccc(=O)[nH]c1. The fraction of sp³-hybridized carbons (Fsp3) is 0.200. The highest BCUT2D eigenvalue weighted by molar-refractivity contribution is 5.93. The molecule has 0 fully saturated rings. The lowest BCUT2D eigenvalue weighted by molar-refractivity contribution is -0.0498. The molecule has 1 N–H and O–H groups in total. The topological polar surface area (TPSA) is 62.4 Å². The summed E-state index contributed by atoms with van der Waals surface area (Å²) in [6.07, 6.45) is 1.35. The fourth-order valence-corrected chi connectivity index (χ4v) is 1.89. The molecule has 0 radical (unpaired) electrons. The van der Waals surface area contributed by atoms with Crippen LogP contribution in [0.1, 0.15) is 15.9 Å². The molecular weight excluding hydrogens is 294 g/mol. The lowest BCUT2D eigenvalue weighted by Crippen LogP contribution is -2.26. The van der Waals surface area contributed by atoms with Crippen molar-refractivity contribution < 1.29 is 18.3 Å². The van der Waals surface area contributed by atoms with Gasteiger partial charge in [0.15, 0.2) is 0 Å². The third-order valence-electron chi connectivity index (χ3n) is 2.95. The molecule has 0 saturated heterocycles. The summed E-state index contributed by atoms with van der Waals surface area (Å²) >= 11 is 0. The summed E-state index contributed by atoms with van der Waals surface area (Å²) in [5, 5.41) is 0. The number of H-pyrrole nitrogens is 1. The first kappa shape index (κ1) is 15.7. The van der Waals surface area contributed by atoms with Gasteiger partial charge in [-0.05, 0) is 23.8 Å². The summed E-state index contributed by atoms with van der Waals surface area (Å²) in [7, 11) is 1.61. The lowest BCUT2D eigenvalue weighted by atomic mass is 10.2. The molecule has 1 heterocycles. The van der Waals surface area contributed by atoms with Gasteiger partial charge in [0, 0.05) is 25.9 Å². The van der Waals surface area contributed by atoms with Crippen LogP contribution in [-0.4, -0.2) is 29.5 Å². The molecule has 7 heteroatoms. The maximum Gasteiger partial charge on any atom is 0.387 e. The van der Waals surface area contributed by atoms with Crippen molar-refractivity contribution in [2.75, 3.05) is 7.05 Å². The number of ether oxygens (including phenoxy) is 1. The van der Waals surface area contributed by atoms with E-state index in [0.717, 1.165) is 5.56 Å². The van der Waals surface area contributed by atoms with E-state index in [1.807, 2.05) is 0 Å². The van der Waals surface area contributed by atoms with Gasteiger partial charge in [0.1, 0.15) is 5.75 Å². The molecule has 2 rings (SSSR count). The number of benzene rings is 1. The van der Waals surface area contributed by atoms with E-state index < -0.39 is 6.61 Å². The van der Waals surface area contributed by atoms with E-state index in [9.17, 15) is 18.4 Å². The van der Waals surface area contributed by atoms with Crippen LogP contribution >= 0.6 is 0 Å². The van der Waals surface area contributed by atoms with Crippen LogP contribution in [0.25, 0.3) is 0 Å². The molecule has 1 aromatic carbocycles. The molecule has 1 aromatic heterocycles. The Morgan fingerprint density at radius 2 is 1.91 bits per heavy atom. The van der Waals surface area contributed by atoms with Crippen molar-refractivity contribution in [3.8, 4) is 5.75 Å². The van der Waals surface area contributed by atoms with Crippen LogP contribution in [0, 0.1) is 0 Å². The monoisotopic (exact) mass is 308 g/mol. The molecule has 0 aliphatic rings. The Labute approximate surface area is 125 Å². The van der Waals surface area contributed by atoms with Gasteiger partial charge in [0.2, 0.25) is 5.56 Å². The van der Waals surface area contributed by atoms with Crippen molar-refractivity contribution in [3.05, 3.63) is 64.1 Å². The predicted molar refractivity (Wildman–Crippen MR) is 75.9 cm³/mol. The molecule has 5 nitrogen and oxygen atoms in total.